The van der Waals surface area contributed by atoms with E-state index in [1.54, 1.807) is 7.11 Å². The summed E-state index contributed by atoms with van der Waals surface area (Å²) in [5.41, 5.74) is 5.32. The summed E-state index contributed by atoms with van der Waals surface area (Å²) in [6.45, 7) is 20.7. The van der Waals surface area contributed by atoms with E-state index in [0.29, 0.717) is 5.92 Å². The Morgan fingerprint density at radius 1 is 0.909 bits per heavy atom. The van der Waals surface area contributed by atoms with Gasteiger partial charge in [-0.3, -0.25) is 4.99 Å². The zero-order chi connectivity index (χ0) is 24.4. The SMILES string of the molecule is COc1ccc(N=C2/C(=C/c3ccccc3)[C@H]3CC[C@]2(C)C3(C)C)cc1.[C-]#[O+].[C-]#[O+].[C-]#[O+].[Fe]. The number of rotatable bonds is 3. The fourth-order valence-electron chi connectivity index (χ4n) is 4.82. The average molecular weight is 485 g/mol. The van der Waals surface area contributed by atoms with Crippen LogP contribution in [0.3, 0.4) is 0 Å². The maximum absolute atomic E-state index is 7.50. The molecule has 33 heavy (non-hydrogen) atoms. The summed E-state index contributed by atoms with van der Waals surface area (Å²) < 4.78 is 27.8. The average Bonchev–Trinajstić information content (AvgIpc) is 3.17. The van der Waals surface area contributed by atoms with E-state index in [-0.39, 0.29) is 27.9 Å². The number of ether oxygens (including phenoxy) is 1. The van der Waals surface area contributed by atoms with Crippen LogP contribution in [0.1, 0.15) is 39.2 Å². The van der Waals surface area contributed by atoms with Gasteiger partial charge in [-0.05, 0) is 65.7 Å². The van der Waals surface area contributed by atoms with Crippen molar-refractivity contribution in [1.82, 2.24) is 0 Å². The van der Waals surface area contributed by atoms with Gasteiger partial charge in [0.2, 0.25) is 0 Å². The van der Waals surface area contributed by atoms with E-state index in [9.17, 15) is 0 Å². The number of benzene rings is 2. The van der Waals surface area contributed by atoms with Gasteiger partial charge in [0.15, 0.2) is 0 Å². The van der Waals surface area contributed by atoms with Gasteiger partial charge >= 0.3 is 33.9 Å². The van der Waals surface area contributed by atoms with Crippen LogP contribution < -0.4 is 4.74 Å². The molecule has 0 N–H and O–H groups in total. The molecule has 6 heteroatoms. The van der Waals surface area contributed by atoms with Crippen molar-refractivity contribution >= 4 is 17.5 Å². The van der Waals surface area contributed by atoms with Gasteiger partial charge in [0.1, 0.15) is 5.75 Å². The largest absolute Gasteiger partial charge is 0 e. The Hall–Kier alpha value is -2.61. The normalized spacial score (nSPS) is 23.4. The maximum Gasteiger partial charge on any atom is 0 e. The van der Waals surface area contributed by atoms with Crippen molar-refractivity contribution in [2.75, 3.05) is 7.11 Å². The third kappa shape index (κ3) is 6.05. The Morgan fingerprint density at radius 3 is 1.97 bits per heavy atom. The molecule has 4 rings (SSSR count). The second-order valence-corrected chi connectivity index (χ2v) is 8.31. The molecule has 2 aliphatic rings. The number of methoxy groups -OCH3 is 1. The second kappa shape index (κ2) is 13.8. The van der Waals surface area contributed by atoms with Gasteiger partial charge in [-0.1, -0.05) is 51.1 Å². The molecular weight excluding hydrogens is 458 g/mol. The Morgan fingerprint density at radius 2 is 1.45 bits per heavy atom. The molecule has 0 aromatic heterocycles. The smallest absolute Gasteiger partial charge is 0 e. The van der Waals surface area contributed by atoms with Crippen LogP contribution in [0.4, 0.5) is 5.69 Å². The minimum absolute atomic E-state index is 0. The number of hydrogen-bond donors (Lipinski definition) is 0. The van der Waals surface area contributed by atoms with Crippen molar-refractivity contribution in [3.63, 3.8) is 0 Å². The van der Waals surface area contributed by atoms with Gasteiger partial charge in [0.25, 0.3) is 0 Å². The number of nitrogens with zero attached hydrogens (tertiary/aromatic N) is 1. The molecule has 2 atom stereocenters. The predicted octanol–water partition coefficient (Wildman–Crippen LogP) is 6.19. The van der Waals surface area contributed by atoms with Gasteiger partial charge in [-0.25, -0.2) is 0 Å². The molecule has 172 valence electrons. The van der Waals surface area contributed by atoms with Crippen LogP contribution in [0, 0.1) is 36.7 Å². The van der Waals surface area contributed by atoms with Crippen molar-refractivity contribution in [3.8, 4) is 5.75 Å². The number of allylic oxidation sites excluding steroid dienone is 1. The molecule has 0 radical (unpaired) electrons. The molecular formula is C27H27FeNO4. The van der Waals surface area contributed by atoms with E-state index >= 15 is 0 Å². The van der Waals surface area contributed by atoms with E-state index < -0.39 is 0 Å². The van der Waals surface area contributed by atoms with Gasteiger partial charge in [0, 0.05) is 22.5 Å². The summed E-state index contributed by atoms with van der Waals surface area (Å²) in [7, 11) is 1.70. The van der Waals surface area contributed by atoms with Crippen LogP contribution in [0.25, 0.3) is 6.08 Å². The Bertz CT molecular complexity index is 990. The Balaban J connectivity index is 0.00000136. The van der Waals surface area contributed by atoms with E-state index in [1.165, 1.54) is 29.7 Å². The molecule has 0 heterocycles. The standard InChI is InChI=1S/C24H27NO.3CO.Fe/c1-23(2)21-14-15-24(23,3)22(20(21)16-17-8-6-5-7-9-17)25-18-10-12-19(26-4)13-11-18;3*1-2;/h5-13,16,21H,14-15H2,1-4H3;;;;/b20-16+,25-22?;;;;/t21-,24+;;;;/m1..../s1. The molecule has 0 aliphatic heterocycles. The van der Waals surface area contributed by atoms with Crippen molar-refractivity contribution in [2.24, 2.45) is 21.7 Å². The number of hydrogen-bond acceptors (Lipinski definition) is 2. The molecule has 2 aliphatic carbocycles. The fraction of sp³-hybridized carbons (Fsp3) is 0.333. The first-order chi connectivity index (χ1) is 15.5. The van der Waals surface area contributed by atoms with Crippen LogP contribution >= 0.6 is 0 Å². The molecule has 2 bridgehead atoms. The summed E-state index contributed by atoms with van der Waals surface area (Å²) in [6, 6.07) is 18.7. The Kier molecular flexibility index (Phi) is 12.7. The predicted molar refractivity (Wildman–Crippen MR) is 121 cm³/mol. The maximum atomic E-state index is 7.50. The van der Waals surface area contributed by atoms with E-state index in [2.05, 4.69) is 77.1 Å². The zero-order valence-electron chi connectivity index (χ0n) is 19.2. The molecule has 2 fully saturated rings. The second-order valence-electron chi connectivity index (χ2n) is 8.31. The first-order valence-electron chi connectivity index (χ1n) is 10.1. The summed E-state index contributed by atoms with van der Waals surface area (Å²) >= 11 is 0. The minimum Gasteiger partial charge on any atom is 0 e. The topological polar surface area (TPSA) is 81.3 Å². The number of aliphatic imine (C=N–C) groups is 1. The van der Waals surface area contributed by atoms with E-state index in [1.807, 2.05) is 24.3 Å². The Labute approximate surface area is 207 Å². The van der Waals surface area contributed by atoms with Crippen LogP contribution in [0.2, 0.25) is 0 Å². The van der Waals surface area contributed by atoms with Crippen molar-refractivity contribution in [2.45, 2.75) is 33.6 Å². The molecule has 2 aromatic rings. The summed E-state index contributed by atoms with van der Waals surface area (Å²) in [4.78, 5) is 5.15. The van der Waals surface area contributed by atoms with Gasteiger partial charge < -0.3 is 4.74 Å². The van der Waals surface area contributed by atoms with Gasteiger partial charge in [-0.15, -0.1) is 0 Å². The van der Waals surface area contributed by atoms with Crippen molar-refractivity contribution in [1.29, 1.82) is 0 Å². The molecule has 2 aromatic carbocycles. The van der Waals surface area contributed by atoms with Gasteiger partial charge in [-0.2, -0.15) is 0 Å². The quantitative estimate of drug-likeness (QED) is 0.290. The van der Waals surface area contributed by atoms with Crippen LogP contribution in [0.5, 0.6) is 5.75 Å². The first kappa shape index (κ1) is 30.4. The van der Waals surface area contributed by atoms with E-state index in [4.69, 9.17) is 23.7 Å². The van der Waals surface area contributed by atoms with Crippen molar-refractivity contribution < 1.29 is 35.8 Å². The third-order valence-electron chi connectivity index (χ3n) is 6.83. The van der Waals surface area contributed by atoms with E-state index in [0.717, 1.165) is 11.4 Å². The molecule has 0 unspecified atom stereocenters. The summed E-state index contributed by atoms with van der Waals surface area (Å²) in [5, 5.41) is 0. The van der Waals surface area contributed by atoms with Gasteiger partial charge in [0.05, 0.1) is 18.5 Å². The fourth-order valence-corrected chi connectivity index (χ4v) is 4.82. The zero-order valence-corrected chi connectivity index (χ0v) is 20.3. The first-order valence-corrected chi connectivity index (χ1v) is 10.1. The molecule has 5 nitrogen and oxygen atoms in total. The van der Waals surface area contributed by atoms with Crippen molar-refractivity contribution in [3.05, 3.63) is 85.7 Å². The molecule has 0 saturated heterocycles. The van der Waals surface area contributed by atoms with Crippen LogP contribution in [-0.4, -0.2) is 12.8 Å². The minimum atomic E-state index is 0. The third-order valence-corrected chi connectivity index (χ3v) is 6.83. The van der Waals surface area contributed by atoms with Crippen LogP contribution in [-0.2, 0) is 31.0 Å². The monoisotopic (exact) mass is 485 g/mol. The summed E-state index contributed by atoms with van der Waals surface area (Å²) in [5.74, 6) is 1.44. The molecule has 0 spiro atoms. The molecule has 2 saturated carbocycles. The number of fused-ring (bicyclic) bond motifs is 2. The summed E-state index contributed by atoms with van der Waals surface area (Å²) in [6.07, 6.45) is 4.83. The van der Waals surface area contributed by atoms with Crippen LogP contribution in [0.15, 0.2) is 65.2 Å². The molecule has 0 amide bonds.